The highest BCUT2D eigenvalue weighted by Crippen LogP contribution is 2.48. The summed E-state index contributed by atoms with van der Waals surface area (Å²) in [5, 5.41) is 18.8. The third kappa shape index (κ3) is 2.32. The Morgan fingerprint density at radius 3 is 2.65 bits per heavy atom. The molecule has 0 bridgehead atoms. The van der Waals surface area contributed by atoms with E-state index in [-0.39, 0.29) is 5.41 Å². The van der Waals surface area contributed by atoms with Crippen LogP contribution in [0.1, 0.15) is 45.5 Å². The molecule has 0 spiro atoms. The van der Waals surface area contributed by atoms with Crippen molar-refractivity contribution in [3.05, 3.63) is 5.82 Å². The van der Waals surface area contributed by atoms with Crippen LogP contribution < -0.4 is 0 Å². The van der Waals surface area contributed by atoms with Crippen molar-refractivity contribution >= 4 is 11.8 Å². The zero-order valence-corrected chi connectivity index (χ0v) is 11.6. The molecule has 17 heavy (non-hydrogen) atoms. The van der Waals surface area contributed by atoms with E-state index in [1.54, 1.807) is 11.8 Å². The van der Waals surface area contributed by atoms with Crippen molar-refractivity contribution in [1.82, 2.24) is 14.8 Å². The molecule has 0 atom stereocenters. The normalized spacial score (nSPS) is 27.9. The van der Waals surface area contributed by atoms with Crippen molar-refractivity contribution in [2.24, 2.45) is 5.41 Å². The van der Waals surface area contributed by atoms with Crippen LogP contribution in [-0.4, -0.2) is 20.0 Å². The number of aryl methyl sites for hydroxylation is 1. The van der Waals surface area contributed by atoms with Gasteiger partial charge in [0, 0.05) is 11.3 Å². The number of hydrogen-bond acceptors (Lipinski definition) is 4. The minimum atomic E-state index is -0.116. The van der Waals surface area contributed by atoms with Crippen LogP contribution in [0, 0.1) is 23.7 Å². The Morgan fingerprint density at radius 2 is 2.12 bits per heavy atom. The first kappa shape index (κ1) is 12.4. The van der Waals surface area contributed by atoms with E-state index < -0.39 is 0 Å². The van der Waals surface area contributed by atoms with Crippen LogP contribution in [0.4, 0.5) is 0 Å². The molecular weight excluding hydrogens is 232 g/mol. The van der Waals surface area contributed by atoms with Gasteiger partial charge in [0.15, 0.2) is 5.16 Å². The van der Waals surface area contributed by atoms with Gasteiger partial charge in [-0.1, -0.05) is 11.8 Å². The first-order valence-corrected chi connectivity index (χ1v) is 6.82. The molecule has 0 saturated heterocycles. The lowest BCUT2D eigenvalue weighted by atomic mass is 9.71. The third-order valence-electron chi connectivity index (χ3n) is 3.25. The first-order chi connectivity index (χ1) is 7.95. The highest BCUT2D eigenvalue weighted by Gasteiger charge is 2.41. The summed E-state index contributed by atoms with van der Waals surface area (Å²) in [6.07, 6.45) is 1.91. The van der Waals surface area contributed by atoms with Gasteiger partial charge in [-0.15, -0.1) is 10.2 Å². The van der Waals surface area contributed by atoms with Gasteiger partial charge >= 0.3 is 0 Å². The summed E-state index contributed by atoms with van der Waals surface area (Å²) in [5.41, 5.74) is -0.116. The van der Waals surface area contributed by atoms with Gasteiger partial charge in [-0.25, -0.2) is 0 Å². The first-order valence-electron chi connectivity index (χ1n) is 5.94. The van der Waals surface area contributed by atoms with Crippen LogP contribution in [0.3, 0.4) is 0 Å². The molecule has 4 nitrogen and oxygen atoms in total. The molecule has 0 unspecified atom stereocenters. The molecule has 2 rings (SSSR count). The van der Waals surface area contributed by atoms with E-state index in [1.165, 1.54) is 0 Å². The molecule has 5 heteroatoms. The van der Waals surface area contributed by atoms with Gasteiger partial charge in [0.05, 0.1) is 11.5 Å². The van der Waals surface area contributed by atoms with Gasteiger partial charge in [-0.3, -0.25) is 0 Å². The van der Waals surface area contributed by atoms with Crippen molar-refractivity contribution in [3.63, 3.8) is 0 Å². The molecule has 0 radical (unpaired) electrons. The summed E-state index contributed by atoms with van der Waals surface area (Å²) in [5.74, 6) is 0.963. The maximum absolute atomic E-state index is 8.98. The molecule has 0 aliphatic heterocycles. The fourth-order valence-electron chi connectivity index (χ4n) is 2.29. The standard InChI is InChI=1S/C12H18N4S/c1-8(2)16-9(3)14-15-11(16)17-10-5-12(4,6-10)7-13/h8,10H,5-6H2,1-4H3. The highest BCUT2D eigenvalue weighted by molar-refractivity contribution is 7.99. The number of thioether (sulfide) groups is 1. The maximum Gasteiger partial charge on any atom is 0.191 e. The van der Waals surface area contributed by atoms with E-state index in [4.69, 9.17) is 5.26 Å². The Hall–Kier alpha value is -1.02. The summed E-state index contributed by atoms with van der Waals surface area (Å²) in [7, 11) is 0. The van der Waals surface area contributed by atoms with Crippen LogP contribution in [0.2, 0.25) is 0 Å². The quantitative estimate of drug-likeness (QED) is 0.827. The molecule has 1 heterocycles. The summed E-state index contributed by atoms with van der Waals surface area (Å²) in [6, 6.07) is 2.76. The van der Waals surface area contributed by atoms with Gasteiger partial charge in [0.25, 0.3) is 0 Å². The van der Waals surface area contributed by atoms with Gasteiger partial charge in [0.2, 0.25) is 0 Å². The van der Waals surface area contributed by atoms with Crippen molar-refractivity contribution in [3.8, 4) is 6.07 Å². The maximum atomic E-state index is 8.98. The monoisotopic (exact) mass is 250 g/mol. The van der Waals surface area contributed by atoms with Crippen LogP contribution in [0.15, 0.2) is 5.16 Å². The average molecular weight is 250 g/mol. The fraction of sp³-hybridized carbons (Fsp3) is 0.750. The lowest BCUT2D eigenvalue weighted by molar-refractivity contribution is 0.256. The van der Waals surface area contributed by atoms with E-state index in [1.807, 2.05) is 13.8 Å². The summed E-state index contributed by atoms with van der Waals surface area (Å²) in [4.78, 5) is 0. The number of hydrogen-bond donors (Lipinski definition) is 0. The molecule has 0 N–H and O–H groups in total. The zero-order chi connectivity index (χ0) is 12.6. The Morgan fingerprint density at radius 1 is 1.47 bits per heavy atom. The number of rotatable bonds is 3. The second-order valence-corrected chi connectivity index (χ2v) is 6.58. The van der Waals surface area contributed by atoms with Crippen molar-refractivity contribution in [2.75, 3.05) is 0 Å². The molecule has 92 valence electrons. The second kappa shape index (κ2) is 4.34. The van der Waals surface area contributed by atoms with E-state index in [0.29, 0.717) is 11.3 Å². The number of aromatic nitrogens is 3. The van der Waals surface area contributed by atoms with Crippen molar-refractivity contribution in [2.45, 2.75) is 57.0 Å². The Bertz CT molecular complexity index is 452. The molecule has 1 aromatic heterocycles. The molecule has 1 aromatic rings. The van der Waals surface area contributed by atoms with Gasteiger partial charge in [-0.05, 0) is 40.5 Å². The molecule has 1 saturated carbocycles. The lowest BCUT2D eigenvalue weighted by Crippen LogP contribution is -2.35. The predicted octanol–water partition coefficient (Wildman–Crippen LogP) is 2.95. The predicted molar refractivity (Wildman–Crippen MR) is 67.7 cm³/mol. The molecule has 0 amide bonds. The smallest absolute Gasteiger partial charge is 0.191 e. The van der Waals surface area contributed by atoms with Crippen LogP contribution in [-0.2, 0) is 0 Å². The topological polar surface area (TPSA) is 54.5 Å². The minimum Gasteiger partial charge on any atom is -0.304 e. The van der Waals surface area contributed by atoms with Crippen LogP contribution in [0.5, 0.6) is 0 Å². The van der Waals surface area contributed by atoms with Crippen molar-refractivity contribution < 1.29 is 0 Å². The van der Waals surface area contributed by atoms with Gasteiger partial charge < -0.3 is 4.57 Å². The summed E-state index contributed by atoms with van der Waals surface area (Å²) >= 11 is 1.76. The Labute approximate surface area is 106 Å². The zero-order valence-electron chi connectivity index (χ0n) is 10.8. The molecule has 0 aromatic carbocycles. The van der Waals surface area contributed by atoms with Crippen LogP contribution in [0.25, 0.3) is 0 Å². The molecule has 1 aliphatic rings. The van der Waals surface area contributed by atoms with Crippen molar-refractivity contribution in [1.29, 1.82) is 5.26 Å². The summed E-state index contributed by atoms with van der Waals surface area (Å²) < 4.78 is 2.16. The largest absolute Gasteiger partial charge is 0.304 e. The van der Waals surface area contributed by atoms with Crippen LogP contribution >= 0.6 is 11.8 Å². The molecule has 1 aliphatic carbocycles. The van der Waals surface area contributed by atoms with E-state index in [0.717, 1.165) is 23.8 Å². The Kier molecular flexibility index (Phi) is 3.17. The average Bonchev–Trinajstić information content (AvgIpc) is 2.57. The van der Waals surface area contributed by atoms with E-state index in [2.05, 4.69) is 34.7 Å². The molecular formula is C12H18N4S. The summed E-state index contributed by atoms with van der Waals surface area (Å²) in [6.45, 7) is 8.29. The second-order valence-electron chi connectivity index (χ2n) is 5.31. The van der Waals surface area contributed by atoms with E-state index >= 15 is 0 Å². The molecule has 1 fully saturated rings. The number of nitrogens with zero attached hydrogens (tertiary/aromatic N) is 4. The highest BCUT2D eigenvalue weighted by atomic mass is 32.2. The van der Waals surface area contributed by atoms with E-state index in [9.17, 15) is 0 Å². The minimum absolute atomic E-state index is 0.116. The number of nitriles is 1. The third-order valence-corrected chi connectivity index (χ3v) is 4.41. The fourth-order valence-corrected chi connectivity index (χ4v) is 4.04. The van der Waals surface area contributed by atoms with Gasteiger partial charge in [-0.2, -0.15) is 5.26 Å². The Balaban J connectivity index is 2.05. The lowest BCUT2D eigenvalue weighted by Gasteiger charge is -2.39. The van der Waals surface area contributed by atoms with Gasteiger partial charge in [0.1, 0.15) is 5.82 Å². The SMILES string of the molecule is Cc1nnc(SC2CC(C)(C#N)C2)n1C(C)C.